The Bertz CT molecular complexity index is 1070. The monoisotopic (exact) mass is 362 g/mol. The number of nitrogens with zero attached hydrogens (tertiary/aromatic N) is 2. The van der Waals surface area contributed by atoms with Crippen molar-refractivity contribution in [1.29, 1.82) is 0 Å². The number of hydrogen-bond donors (Lipinski definition) is 0. The second-order valence-electron chi connectivity index (χ2n) is 5.67. The van der Waals surface area contributed by atoms with E-state index in [-0.39, 0.29) is 5.56 Å². The SMILES string of the molecule is O=c1cc(Oc2ccc(Cl)cc2)n(-c2ccccc2)n1-c1ccccc1. The van der Waals surface area contributed by atoms with Crippen LogP contribution in [0.5, 0.6) is 11.6 Å². The van der Waals surface area contributed by atoms with Crippen LogP contribution in [-0.4, -0.2) is 9.36 Å². The molecule has 4 nitrogen and oxygen atoms in total. The van der Waals surface area contributed by atoms with Crippen LogP contribution in [-0.2, 0) is 0 Å². The van der Waals surface area contributed by atoms with Crippen molar-refractivity contribution in [2.24, 2.45) is 0 Å². The molecule has 1 aromatic heterocycles. The van der Waals surface area contributed by atoms with Crippen LogP contribution in [0.2, 0.25) is 5.02 Å². The molecule has 0 fully saturated rings. The fourth-order valence-electron chi connectivity index (χ4n) is 2.74. The summed E-state index contributed by atoms with van der Waals surface area (Å²) in [6, 6.07) is 27.6. The number of benzene rings is 3. The highest BCUT2D eigenvalue weighted by Gasteiger charge is 2.16. The van der Waals surface area contributed by atoms with Gasteiger partial charge >= 0.3 is 0 Å². The maximum atomic E-state index is 12.7. The first-order valence-electron chi connectivity index (χ1n) is 8.12. The highest BCUT2D eigenvalue weighted by molar-refractivity contribution is 6.30. The van der Waals surface area contributed by atoms with Crippen LogP contribution in [0.1, 0.15) is 0 Å². The average Bonchev–Trinajstić information content (AvgIpc) is 3.01. The Labute approximate surface area is 155 Å². The minimum atomic E-state index is -0.177. The molecule has 0 amide bonds. The van der Waals surface area contributed by atoms with Crippen LogP contribution in [0, 0.1) is 0 Å². The summed E-state index contributed by atoms with van der Waals surface area (Å²) in [4.78, 5) is 12.7. The predicted molar refractivity (Wildman–Crippen MR) is 103 cm³/mol. The molecule has 4 rings (SSSR count). The third kappa shape index (κ3) is 3.15. The van der Waals surface area contributed by atoms with E-state index in [1.807, 2.05) is 60.7 Å². The second kappa shape index (κ2) is 6.94. The van der Waals surface area contributed by atoms with Crippen molar-refractivity contribution in [3.63, 3.8) is 0 Å². The number of ether oxygens (including phenoxy) is 1. The number of para-hydroxylation sites is 2. The molecule has 0 aliphatic carbocycles. The van der Waals surface area contributed by atoms with Gasteiger partial charge in [0, 0.05) is 5.02 Å². The van der Waals surface area contributed by atoms with E-state index in [0.717, 1.165) is 11.4 Å². The van der Waals surface area contributed by atoms with Crippen LogP contribution in [0.4, 0.5) is 0 Å². The largest absolute Gasteiger partial charge is 0.439 e. The molecule has 0 radical (unpaired) electrons. The fourth-order valence-corrected chi connectivity index (χ4v) is 2.87. The topological polar surface area (TPSA) is 36.2 Å². The number of hydrogen-bond acceptors (Lipinski definition) is 2. The van der Waals surface area contributed by atoms with Gasteiger partial charge in [0.25, 0.3) is 5.56 Å². The lowest BCUT2D eigenvalue weighted by molar-refractivity contribution is 0.436. The molecule has 128 valence electrons. The van der Waals surface area contributed by atoms with Crippen molar-refractivity contribution < 1.29 is 4.74 Å². The number of aromatic nitrogens is 2. The molecule has 0 atom stereocenters. The molecule has 0 unspecified atom stereocenters. The zero-order valence-electron chi connectivity index (χ0n) is 13.7. The van der Waals surface area contributed by atoms with Crippen molar-refractivity contribution >= 4 is 11.6 Å². The van der Waals surface area contributed by atoms with Crippen LogP contribution >= 0.6 is 11.6 Å². The lowest BCUT2D eigenvalue weighted by atomic mass is 10.3. The van der Waals surface area contributed by atoms with Crippen LogP contribution in [0.3, 0.4) is 0 Å². The van der Waals surface area contributed by atoms with Gasteiger partial charge in [0.2, 0.25) is 5.88 Å². The summed E-state index contributed by atoms with van der Waals surface area (Å²) in [6.45, 7) is 0. The standard InChI is InChI=1S/C21H15ClN2O2/c22-16-11-13-19(14-12-16)26-21-15-20(25)23(17-7-3-1-4-8-17)24(21)18-9-5-2-6-10-18/h1-15H. The maximum Gasteiger partial charge on any atom is 0.275 e. The Kier molecular flexibility index (Phi) is 4.33. The molecular formula is C21H15ClN2O2. The van der Waals surface area contributed by atoms with E-state index in [1.54, 1.807) is 33.6 Å². The van der Waals surface area contributed by atoms with Gasteiger partial charge in [0.05, 0.1) is 17.4 Å². The molecule has 1 heterocycles. The lowest BCUT2D eigenvalue weighted by Crippen LogP contribution is -2.20. The Morgan fingerprint density at radius 2 is 1.23 bits per heavy atom. The lowest BCUT2D eigenvalue weighted by Gasteiger charge is -2.15. The second-order valence-corrected chi connectivity index (χ2v) is 6.11. The summed E-state index contributed by atoms with van der Waals surface area (Å²) in [5, 5.41) is 0.625. The molecule has 0 saturated carbocycles. The fraction of sp³-hybridized carbons (Fsp3) is 0. The van der Waals surface area contributed by atoms with Gasteiger partial charge in [0.1, 0.15) is 5.75 Å². The zero-order chi connectivity index (χ0) is 17.9. The molecule has 4 aromatic rings. The minimum absolute atomic E-state index is 0.177. The molecule has 0 N–H and O–H groups in total. The van der Waals surface area contributed by atoms with Crippen molar-refractivity contribution in [2.45, 2.75) is 0 Å². The van der Waals surface area contributed by atoms with Gasteiger partial charge in [-0.25, -0.2) is 9.36 Å². The number of rotatable bonds is 4. The molecule has 0 aliphatic rings. The molecule has 5 heteroatoms. The van der Waals surface area contributed by atoms with Crippen molar-refractivity contribution in [3.05, 3.63) is 106 Å². The quantitative estimate of drug-likeness (QED) is 0.508. The Morgan fingerprint density at radius 3 is 1.81 bits per heavy atom. The van der Waals surface area contributed by atoms with Crippen LogP contribution in [0.25, 0.3) is 11.4 Å². The summed E-state index contributed by atoms with van der Waals surface area (Å²) in [7, 11) is 0. The molecule has 0 bridgehead atoms. The van der Waals surface area contributed by atoms with E-state index >= 15 is 0 Å². The Morgan fingerprint density at radius 1 is 0.692 bits per heavy atom. The highest BCUT2D eigenvalue weighted by atomic mass is 35.5. The number of halogens is 1. The van der Waals surface area contributed by atoms with Crippen molar-refractivity contribution in [1.82, 2.24) is 9.36 Å². The molecule has 0 aliphatic heterocycles. The minimum Gasteiger partial charge on any atom is -0.439 e. The third-order valence-corrected chi connectivity index (χ3v) is 4.15. The highest BCUT2D eigenvalue weighted by Crippen LogP contribution is 2.26. The molecule has 0 saturated heterocycles. The van der Waals surface area contributed by atoms with Crippen LogP contribution < -0.4 is 10.3 Å². The van der Waals surface area contributed by atoms with Gasteiger partial charge in [-0.2, -0.15) is 0 Å². The maximum absolute atomic E-state index is 12.7. The summed E-state index contributed by atoms with van der Waals surface area (Å²) < 4.78 is 9.33. The predicted octanol–water partition coefficient (Wildman–Crippen LogP) is 5.07. The summed E-state index contributed by atoms with van der Waals surface area (Å²) in [6.07, 6.45) is 0. The summed E-state index contributed by atoms with van der Waals surface area (Å²) >= 11 is 5.94. The first kappa shape index (κ1) is 16.2. The van der Waals surface area contributed by atoms with Gasteiger partial charge in [-0.1, -0.05) is 48.0 Å². The summed E-state index contributed by atoms with van der Waals surface area (Å²) in [5.41, 5.74) is 1.40. The normalized spacial score (nSPS) is 10.7. The average molecular weight is 363 g/mol. The van der Waals surface area contributed by atoms with Crippen molar-refractivity contribution in [3.8, 4) is 23.0 Å². The Hall–Kier alpha value is -3.24. The van der Waals surface area contributed by atoms with E-state index < -0.39 is 0 Å². The van der Waals surface area contributed by atoms with Gasteiger partial charge in [-0.05, 0) is 48.5 Å². The molecule has 26 heavy (non-hydrogen) atoms. The van der Waals surface area contributed by atoms with E-state index in [9.17, 15) is 4.79 Å². The Balaban J connectivity index is 1.89. The van der Waals surface area contributed by atoms with Crippen molar-refractivity contribution in [2.75, 3.05) is 0 Å². The third-order valence-electron chi connectivity index (χ3n) is 3.90. The van der Waals surface area contributed by atoms with Gasteiger partial charge in [-0.15, -0.1) is 0 Å². The zero-order valence-corrected chi connectivity index (χ0v) is 14.5. The first-order chi connectivity index (χ1) is 12.7. The first-order valence-corrected chi connectivity index (χ1v) is 8.49. The van der Waals surface area contributed by atoms with E-state index in [1.165, 1.54) is 6.07 Å². The molecule has 3 aromatic carbocycles. The van der Waals surface area contributed by atoms with E-state index in [0.29, 0.717) is 16.7 Å². The molecule has 0 spiro atoms. The molecular weight excluding hydrogens is 348 g/mol. The van der Waals surface area contributed by atoms with E-state index in [4.69, 9.17) is 16.3 Å². The van der Waals surface area contributed by atoms with Crippen LogP contribution in [0.15, 0.2) is 95.8 Å². The smallest absolute Gasteiger partial charge is 0.275 e. The van der Waals surface area contributed by atoms with E-state index in [2.05, 4.69) is 0 Å². The van der Waals surface area contributed by atoms with Gasteiger partial charge in [0.15, 0.2) is 0 Å². The van der Waals surface area contributed by atoms with Gasteiger partial charge < -0.3 is 4.74 Å². The van der Waals surface area contributed by atoms with Gasteiger partial charge in [-0.3, -0.25) is 4.79 Å². The summed E-state index contributed by atoms with van der Waals surface area (Å²) in [5.74, 6) is 1.02.